The molecule has 0 heterocycles. The molecule has 0 fully saturated rings. The van der Waals surface area contributed by atoms with Gasteiger partial charge in [0, 0.05) is 0 Å². The van der Waals surface area contributed by atoms with Crippen molar-refractivity contribution in [2.75, 3.05) is 0 Å². The smallest absolute Gasteiger partial charge is 0.0241 e. The van der Waals surface area contributed by atoms with Gasteiger partial charge in [0.25, 0.3) is 0 Å². The fourth-order valence-electron chi connectivity index (χ4n) is 1.57. The van der Waals surface area contributed by atoms with Crippen molar-refractivity contribution in [2.24, 2.45) is 0 Å². The lowest BCUT2D eigenvalue weighted by Gasteiger charge is -2.10. The van der Waals surface area contributed by atoms with Crippen LogP contribution in [0.3, 0.4) is 0 Å². The van der Waals surface area contributed by atoms with Crippen LogP contribution in [0.2, 0.25) is 0 Å². The van der Waals surface area contributed by atoms with E-state index in [1.807, 2.05) is 0 Å². The quantitative estimate of drug-likeness (QED) is 0.565. The maximum Gasteiger partial charge on any atom is -0.0241 e. The van der Waals surface area contributed by atoms with Crippen LogP contribution in [0.5, 0.6) is 0 Å². The topological polar surface area (TPSA) is 0 Å². The van der Waals surface area contributed by atoms with Crippen molar-refractivity contribution in [3.63, 3.8) is 0 Å². The van der Waals surface area contributed by atoms with Gasteiger partial charge in [-0.1, -0.05) is 29.9 Å². The monoisotopic (exact) mass is 188 g/mol. The number of hydrogen-bond donors (Lipinski definition) is 0. The summed E-state index contributed by atoms with van der Waals surface area (Å²) in [5.74, 6) is 0. The molecular weight excluding hydrogens is 168 g/mol. The maximum atomic E-state index is 2.33. The van der Waals surface area contributed by atoms with Crippen LogP contribution in [-0.2, 0) is 0 Å². The fourth-order valence-corrected chi connectivity index (χ4v) is 1.57. The molecule has 1 rings (SSSR count). The Kier molecular flexibility index (Phi) is 3.94. The van der Waals surface area contributed by atoms with E-state index in [4.69, 9.17) is 0 Å². The van der Waals surface area contributed by atoms with Crippen LogP contribution in [0.15, 0.2) is 46.6 Å². The average Bonchev–Trinajstić information content (AvgIpc) is 2.18. The number of rotatable bonds is 1. The molecule has 76 valence electrons. The third kappa shape index (κ3) is 2.73. The highest BCUT2D eigenvalue weighted by Crippen LogP contribution is 2.22. The molecule has 1 aliphatic rings. The molecule has 0 nitrogen and oxygen atoms in total. The Morgan fingerprint density at radius 2 is 2.00 bits per heavy atom. The third-order valence-corrected chi connectivity index (χ3v) is 2.90. The summed E-state index contributed by atoms with van der Waals surface area (Å²) in [5.41, 5.74) is 5.66. The standard InChI is InChI=1S/C14H20/c1-5-11(2)14-9-7-6-8-12(3)13(4)10-14/h5-6,8,10H,7,9H2,1-4H3. The second-order valence-corrected chi connectivity index (χ2v) is 3.95. The highest BCUT2D eigenvalue weighted by Gasteiger charge is 2.02. The summed E-state index contributed by atoms with van der Waals surface area (Å²) in [6.07, 6.45) is 11.3. The molecule has 0 spiro atoms. The van der Waals surface area contributed by atoms with Crippen LogP contribution in [0.25, 0.3) is 0 Å². The third-order valence-electron chi connectivity index (χ3n) is 2.90. The van der Waals surface area contributed by atoms with Gasteiger partial charge < -0.3 is 0 Å². The van der Waals surface area contributed by atoms with Crippen LogP contribution >= 0.6 is 0 Å². The Balaban J connectivity index is 3.05. The van der Waals surface area contributed by atoms with Crippen molar-refractivity contribution in [3.8, 4) is 0 Å². The zero-order valence-electron chi connectivity index (χ0n) is 9.72. The van der Waals surface area contributed by atoms with Gasteiger partial charge in [-0.25, -0.2) is 0 Å². The molecule has 0 amide bonds. The molecule has 0 saturated heterocycles. The molecular formula is C14H20. The molecule has 0 aromatic carbocycles. The second kappa shape index (κ2) is 4.99. The minimum absolute atomic E-state index is 1.15. The molecule has 0 N–H and O–H groups in total. The molecule has 0 aromatic heterocycles. The van der Waals surface area contributed by atoms with Crippen molar-refractivity contribution < 1.29 is 0 Å². The van der Waals surface area contributed by atoms with Crippen molar-refractivity contribution in [3.05, 3.63) is 46.6 Å². The molecule has 0 heteroatoms. The summed E-state index contributed by atoms with van der Waals surface area (Å²) in [5, 5.41) is 0. The Bertz CT molecular complexity index is 322. The summed E-state index contributed by atoms with van der Waals surface area (Å²) in [7, 11) is 0. The first kappa shape index (κ1) is 11.0. The van der Waals surface area contributed by atoms with Crippen LogP contribution in [-0.4, -0.2) is 0 Å². The molecule has 0 aromatic rings. The highest BCUT2D eigenvalue weighted by molar-refractivity contribution is 5.40. The summed E-state index contributed by atoms with van der Waals surface area (Å²) >= 11 is 0. The first-order chi connectivity index (χ1) is 6.65. The number of hydrogen-bond acceptors (Lipinski definition) is 0. The lowest BCUT2D eigenvalue weighted by Crippen LogP contribution is -1.90. The molecule has 0 atom stereocenters. The van der Waals surface area contributed by atoms with Gasteiger partial charge in [-0.2, -0.15) is 0 Å². The highest BCUT2D eigenvalue weighted by atomic mass is 14.1. The molecule has 0 bridgehead atoms. The van der Waals surface area contributed by atoms with Crippen LogP contribution in [0, 0.1) is 0 Å². The second-order valence-electron chi connectivity index (χ2n) is 3.95. The van der Waals surface area contributed by atoms with E-state index in [-0.39, 0.29) is 0 Å². The number of allylic oxidation sites excluding steroid dienone is 8. The fraction of sp³-hybridized carbons (Fsp3) is 0.429. The van der Waals surface area contributed by atoms with Gasteiger partial charge in [0.2, 0.25) is 0 Å². The Morgan fingerprint density at radius 3 is 2.64 bits per heavy atom. The summed E-state index contributed by atoms with van der Waals surface area (Å²) < 4.78 is 0. The zero-order chi connectivity index (χ0) is 10.6. The van der Waals surface area contributed by atoms with Gasteiger partial charge in [0.1, 0.15) is 0 Å². The van der Waals surface area contributed by atoms with Gasteiger partial charge in [-0.3, -0.25) is 0 Å². The van der Waals surface area contributed by atoms with Gasteiger partial charge in [-0.15, -0.1) is 0 Å². The first-order valence-electron chi connectivity index (χ1n) is 5.33. The van der Waals surface area contributed by atoms with Crippen molar-refractivity contribution in [1.82, 2.24) is 0 Å². The molecule has 14 heavy (non-hydrogen) atoms. The largest absolute Gasteiger partial charge is 0.0844 e. The normalized spacial score (nSPS) is 19.1. The Morgan fingerprint density at radius 1 is 1.29 bits per heavy atom. The molecule has 0 aliphatic heterocycles. The predicted molar refractivity (Wildman–Crippen MR) is 64.3 cm³/mol. The SMILES string of the molecule is CC=C(C)C1=CC(C)=C(C)C=CCC1. The van der Waals surface area contributed by atoms with E-state index in [9.17, 15) is 0 Å². The first-order valence-corrected chi connectivity index (χ1v) is 5.33. The maximum absolute atomic E-state index is 2.33. The van der Waals surface area contributed by atoms with Gasteiger partial charge in [0.05, 0.1) is 0 Å². The summed E-state index contributed by atoms with van der Waals surface area (Å²) in [4.78, 5) is 0. The van der Waals surface area contributed by atoms with Crippen LogP contribution < -0.4 is 0 Å². The van der Waals surface area contributed by atoms with Crippen molar-refractivity contribution in [2.45, 2.75) is 40.5 Å². The van der Waals surface area contributed by atoms with Gasteiger partial charge in [-0.05, 0) is 57.3 Å². The summed E-state index contributed by atoms with van der Waals surface area (Å²) in [6.45, 7) is 8.67. The van der Waals surface area contributed by atoms with E-state index in [1.54, 1.807) is 0 Å². The van der Waals surface area contributed by atoms with Crippen LogP contribution in [0.4, 0.5) is 0 Å². The van der Waals surface area contributed by atoms with E-state index in [1.165, 1.54) is 22.3 Å². The summed E-state index contributed by atoms with van der Waals surface area (Å²) in [6, 6.07) is 0. The zero-order valence-corrected chi connectivity index (χ0v) is 9.72. The minimum Gasteiger partial charge on any atom is -0.0844 e. The van der Waals surface area contributed by atoms with Gasteiger partial charge in [0.15, 0.2) is 0 Å². The average molecular weight is 188 g/mol. The molecule has 0 saturated carbocycles. The lowest BCUT2D eigenvalue weighted by atomic mass is 9.96. The molecule has 0 unspecified atom stereocenters. The lowest BCUT2D eigenvalue weighted by molar-refractivity contribution is 0.972. The molecule has 0 radical (unpaired) electrons. The van der Waals surface area contributed by atoms with E-state index < -0.39 is 0 Å². The molecule has 1 aliphatic carbocycles. The van der Waals surface area contributed by atoms with E-state index in [0.717, 1.165) is 12.8 Å². The Labute approximate surface area is 87.7 Å². The Hall–Kier alpha value is -1.04. The minimum atomic E-state index is 1.15. The van der Waals surface area contributed by atoms with E-state index >= 15 is 0 Å². The van der Waals surface area contributed by atoms with Crippen molar-refractivity contribution >= 4 is 0 Å². The van der Waals surface area contributed by atoms with E-state index in [2.05, 4.69) is 52.0 Å². The predicted octanol–water partition coefficient (Wildman–Crippen LogP) is 4.57. The van der Waals surface area contributed by atoms with Crippen LogP contribution in [0.1, 0.15) is 40.5 Å². The van der Waals surface area contributed by atoms with Gasteiger partial charge >= 0.3 is 0 Å². The van der Waals surface area contributed by atoms with Crippen molar-refractivity contribution in [1.29, 1.82) is 0 Å². The van der Waals surface area contributed by atoms with E-state index in [0.29, 0.717) is 0 Å².